The van der Waals surface area contributed by atoms with E-state index in [-0.39, 0.29) is 17.2 Å². The summed E-state index contributed by atoms with van der Waals surface area (Å²) >= 11 is 0. The maximum absolute atomic E-state index is 12.6. The maximum Gasteiger partial charge on any atom is 0.228 e. The molecule has 1 spiro atoms. The highest BCUT2D eigenvalue weighted by Gasteiger charge is 2.57. The van der Waals surface area contributed by atoms with E-state index in [2.05, 4.69) is 20.6 Å². The molecule has 0 bridgehead atoms. The number of amides is 1. The van der Waals surface area contributed by atoms with Crippen LogP contribution in [0.15, 0.2) is 37.2 Å². The van der Waals surface area contributed by atoms with Crippen molar-refractivity contribution in [1.82, 2.24) is 19.9 Å². The van der Waals surface area contributed by atoms with E-state index in [9.17, 15) is 4.79 Å². The Kier molecular flexibility index (Phi) is 3.18. The summed E-state index contributed by atoms with van der Waals surface area (Å²) in [4.78, 5) is 20.8. The zero-order valence-corrected chi connectivity index (χ0v) is 12.3. The van der Waals surface area contributed by atoms with Gasteiger partial charge in [-0.15, -0.1) is 0 Å². The van der Waals surface area contributed by atoms with Gasteiger partial charge >= 0.3 is 0 Å². The number of anilines is 1. The fourth-order valence-electron chi connectivity index (χ4n) is 3.53. The topological polar surface area (TPSA) is 71.8 Å². The van der Waals surface area contributed by atoms with Gasteiger partial charge < -0.3 is 15.2 Å². The summed E-state index contributed by atoms with van der Waals surface area (Å²) in [5.74, 6) is 0.265. The van der Waals surface area contributed by atoms with Crippen LogP contribution in [0.2, 0.25) is 0 Å². The molecule has 1 unspecified atom stereocenters. The van der Waals surface area contributed by atoms with Crippen LogP contribution < -0.4 is 10.6 Å². The van der Waals surface area contributed by atoms with Crippen molar-refractivity contribution >= 4 is 11.6 Å². The van der Waals surface area contributed by atoms with Gasteiger partial charge in [-0.3, -0.25) is 9.78 Å². The van der Waals surface area contributed by atoms with Crippen LogP contribution in [-0.2, 0) is 4.79 Å². The molecule has 0 aromatic carbocycles. The lowest BCUT2D eigenvalue weighted by molar-refractivity contribution is -0.118. The van der Waals surface area contributed by atoms with Gasteiger partial charge in [0.25, 0.3) is 0 Å². The average Bonchev–Trinajstić information content (AvgIpc) is 2.99. The normalized spacial score (nSPS) is 22.5. The first-order chi connectivity index (χ1) is 10.8. The molecule has 1 aliphatic carbocycles. The van der Waals surface area contributed by atoms with Gasteiger partial charge in [-0.25, -0.2) is 4.98 Å². The van der Waals surface area contributed by atoms with E-state index >= 15 is 0 Å². The van der Waals surface area contributed by atoms with E-state index in [1.54, 1.807) is 24.9 Å². The van der Waals surface area contributed by atoms with E-state index in [4.69, 9.17) is 0 Å². The van der Waals surface area contributed by atoms with Gasteiger partial charge in [0.2, 0.25) is 5.91 Å². The summed E-state index contributed by atoms with van der Waals surface area (Å²) in [6.07, 6.45) is 11.9. The van der Waals surface area contributed by atoms with Gasteiger partial charge in [0.1, 0.15) is 0 Å². The van der Waals surface area contributed by atoms with Crippen LogP contribution >= 0.6 is 0 Å². The molecule has 0 radical (unpaired) electrons. The monoisotopic (exact) mass is 297 g/mol. The Morgan fingerprint density at radius 2 is 2.18 bits per heavy atom. The minimum Gasteiger partial charge on any atom is -0.323 e. The standard InChI is InChI=1S/C16H19N5O/c22-15(12-9-16(12)2-5-17-6-3-16)20-13-10-18-4-1-14(13)21-8-7-19-11-21/h1,4,7-8,10-12,17H,2-3,5-6,9H2,(H,20,22). The highest BCUT2D eigenvalue weighted by atomic mass is 16.2. The quantitative estimate of drug-likeness (QED) is 0.902. The number of piperidine rings is 1. The summed E-state index contributed by atoms with van der Waals surface area (Å²) in [5, 5.41) is 6.43. The van der Waals surface area contributed by atoms with Gasteiger partial charge in [0.05, 0.1) is 23.9 Å². The highest BCUT2D eigenvalue weighted by molar-refractivity contribution is 5.96. The smallest absolute Gasteiger partial charge is 0.228 e. The molecule has 4 rings (SSSR count). The molecule has 1 atom stereocenters. The molecule has 6 nitrogen and oxygen atoms in total. The first-order valence-electron chi connectivity index (χ1n) is 7.72. The third-order valence-corrected chi connectivity index (χ3v) is 4.94. The number of hydrogen-bond donors (Lipinski definition) is 2. The van der Waals surface area contributed by atoms with Crippen LogP contribution in [0.1, 0.15) is 19.3 Å². The second-order valence-electron chi connectivity index (χ2n) is 6.22. The maximum atomic E-state index is 12.6. The number of nitrogens with zero attached hydrogens (tertiary/aromatic N) is 3. The summed E-state index contributed by atoms with van der Waals surface area (Å²) in [7, 11) is 0. The number of pyridine rings is 1. The first-order valence-corrected chi connectivity index (χ1v) is 7.72. The van der Waals surface area contributed by atoms with Crippen molar-refractivity contribution in [3.05, 3.63) is 37.2 Å². The lowest BCUT2D eigenvalue weighted by Crippen LogP contribution is -2.31. The number of carbonyl (C=O) groups is 1. The predicted molar refractivity (Wildman–Crippen MR) is 82.6 cm³/mol. The lowest BCUT2D eigenvalue weighted by atomic mass is 9.92. The zero-order chi connectivity index (χ0) is 15.0. The lowest BCUT2D eigenvalue weighted by Gasteiger charge is -2.23. The Balaban J connectivity index is 1.51. The van der Waals surface area contributed by atoms with Crippen molar-refractivity contribution in [2.45, 2.75) is 19.3 Å². The highest BCUT2D eigenvalue weighted by Crippen LogP contribution is 2.58. The average molecular weight is 297 g/mol. The number of nitrogens with one attached hydrogen (secondary N) is 2. The van der Waals surface area contributed by atoms with Crippen LogP contribution in [-0.4, -0.2) is 33.5 Å². The van der Waals surface area contributed by atoms with Crippen molar-refractivity contribution in [2.24, 2.45) is 11.3 Å². The molecule has 1 amide bonds. The van der Waals surface area contributed by atoms with Crippen LogP contribution in [0.25, 0.3) is 5.69 Å². The van der Waals surface area contributed by atoms with Gasteiger partial charge in [-0.1, -0.05) is 0 Å². The molecule has 1 aliphatic heterocycles. The molecular formula is C16H19N5O. The molecule has 2 N–H and O–H groups in total. The predicted octanol–water partition coefficient (Wildman–Crippen LogP) is 1.60. The second kappa shape index (κ2) is 5.21. The third kappa shape index (κ3) is 2.29. The molecule has 1 saturated carbocycles. The van der Waals surface area contributed by atoms with Crippen LogP contribution in [0.4, 0.5) is 5.69 Å². The Morgan fingerprint density at radius 3 is 2.95 bits per heavy atom. The number of imidazole rings is 1. The SMILES string of the molecule is O=C(Nc1cnccc1-n1ccnc1)C1CC12CCNCC2. The third-order valence-electron chi connectivity index (χ3n) is 4.94. The molecule has 6 heteroatoms. The number of rotatable bonds is 3. The van der Waals surface area contributed by atoms with E-state index < -0.39 is 0 Å². The number of aromatic nitrogens is 3. The Bertz CT molecular complexity index is 676. The van der Waals surface area contributed by atoms with E-state index in [0.717, 1.165) is 43.7 Å². The Morgan fingerprint density at radius 1 is 1.32 bits per heavy atom. The van der Waals surface area contributed by atoms with Crippen LogP contribution in [0, 0.1) is 11.3 Å². The molecule has 3 heterocycles. The van der Waals surface area contributed by atoms with E-state index in [0.29, 0.717) is 0 Å². The second-order valence-corrected chi connectivity index (χ2v) is 6.22. The zero-order valence-electron chi connectivity index (χ0n) is 12.3. The van der Waals surface area contributed by atoms with Gasteiger partial charge in [-0.05, 0) is 43.8 Å². The van der Waals surface area contributed by atoms with Gasteiger partial charge in [0.15, 0.2) is 0 Å². The molecule has 2 fully saturated rings. The minimum atomic E-state index is 0.122. The summed E-state index contributed by atoms with van der Waals surface area (Å²) in [6.45, 7) is 2.05. The summed E-state index contributed by atoms with van der Waals surface area (Å²) in [6, 6.07) is 1.88. The fourth-order valence-corrected chi connectivity index (χ4v) is 3.53. The number of hydrogen-bond acceptors (Lipinski definition) is 4. The molecule has 2 aromatic rings. The van der Waals surface area contributed by atoms with Crippen molar-refractivity contribution in [3.63, 3.8) is 0 Å². The molecule has 2 aliphatic rings. The molecule has 114 valence electrons. The van der Waals surface area contributed by atoms with Gasteiger partial charge in [0, 0.05) is 24.5 Å². The Hall–Kier alpha value is -2.21. The van der Waals surface area contributed by atoms with E-state index in [1.165, 1.54) is 0 Å². The Labute approximate surface area is 129 Å². The largest absolute Gasteiger partial charge is 0.323 e. The van der Waals surface area contributed by atoms with Gasteiger partial charge in [-0.2, -0.15) is 0 Å². The molecule has 2 aromatic heterocycles. The van der Waals surface area contributed by atoms with Crippen LogP contribution in [0.3, 0.4) is 0 Å². The molecule has 22 heavy (non-hydrogen) atoms. The fraction of sp³-hybridized carbons (Fsp3) is 0.438. The van der Waals surface area contributed by atoms with Crippen molar-refractivity contribution in [1.29, 1.82) is 0 Å². The molecular weight excluding hydrogens is 278 g/mol. The summed E-state index contributed by atoms with van der Waals surface area (Å²) < 4.78 is 1.88. The van der Waals surface area contributed by atoms with Crippen molar-refractivity contribution in [2.75, 3.05) is 18.4 Å². The van der Waals surface area contributed by atoms with Crippen molar-refractivity contribution < 1.29 is 4.79 Å². The summed E-state index contributed by atoms with van der Waals surface area (Å²) in [5.41, 5.74) is 1.87. The first kappa shape index (κ1) is 13.5. The minimum absolute atomic E-state index is 0.122. The number of carbonyl (C=O) groups excluding carboxylic acids is 1. The van der Waals surface area contributed by atoms with E-state index in [1.807, 2.05) is 16.8 Å². The van der Waals surface area contributed by atoms with Crippen LogP contribution in [0.5, 0.6) is 0 Å². The van der Waals surface area contributed by atoms with Crippen molar-refractivity contribution in [3.8, 4) is 5.69 Å². The molecule has 1 saturated heterocycles.